The lowest BCUT2D eigenvalue weighted by atomic mass is 10.2. The first-order chi connectivity index (χ1) is 9.36. The highest BCUT2D eigenvalue weighted by molar-refractivity contribution is 7.99. The summed E-state index contributed by atoms with van der Waals surface area (Å²) in [5.74, 6) is -2.43. The molecular formula is C13H17F2NO2S2. The van der Waals surface area contributed by atoms with E-state index in [0.717, 1.165) is 18.5 Å². The molecule has 0 amide bonds. The number of sulfone groups is 1. The number of alkyl halides is 2. The summed E-state index contributed by atoms with van der Waals surface area (Å²) >= 11 is 0.498. The van der Waals surface area contributed by atoms with Crippen molar-refractivity contribution in [2.75, 3.05) is 11.6 Å². The number of nitrogens with one attached hydrogen (secondary N) is 1. The Morgan fingerprint density at radius 2 is 1.90 bits per heavy atom. The van der Waals surface area contributed by atoms with Crippen LogP contribution >= 0.6 is 11.8 Å². The number of hydrogen-bond donors (Lipinski definition) is 1. The third-order valence-corrected chi connectivity index (χ3v) is 5.82. The van der Waals surface area contributed by atoms with Gasteiger partial charge in [0.1, 0.15) is 0 Å². The van der Waals surface area contributed by atoms with Crippen molar-refractivity contribution in [2.45, 2.75) is 41.2 Å². The molecule has 0 saturated heterocycles. The minimum atomic E-state index is -3.06. The van der Waals surface area contributed by atoms with E-state index >= 15 is 0 Å². The number of anilines is 1. The van der Waals surface area contributed by atoms with Crippen LogP contribution in [-0.4, -0.2) is 31.7 Å². The van der Waals surface area contributed by atoms with Crippen molar-refractivity contribution < 1.29 is 17.2 Å². The summed E-state index contributed by atoms with van der Waals surface area (Å²) in [5.41, 5.74) is 0.768. The van der Waals surface area contributed by atoms with Crippen LogP contribution in [0.1, 0.15) is 19.3 Å². The van der Waals surface area contributed by atoms with E-state index in [4.69, 9.17) is 0 Å². The van der Waals surface area contributed by atoms with Gasteiger partial charge in [-0.25, -0.2) is 8.42 Å². The van der Waals surface area contributed by atoms with E-state index in [1.807, 2.05) is 0 Å². The molecule has 1 fully saturated rings. The molecule has 1 aromatic rings. The SMILES string of the molecule is CS(=O)(=O)C1CCCC1Nc1ccc(SC(F)F)cc1. The molecule has 1 saturated carbocycles. The predicted octanol–water partition coefficient (Wildman–Crippen LogP) is 3.38. The highest BCUT2D eigenvalue weighted by Crippen LogP contribution is 2.30. The Hall–Kier alpha value is -0.820. The molecule has 112 valence electrons. The van der Waals surface area contributed by atoms with Crippen LogP contribution in [0, 0.1) is 0 Å². The molecule has 2 rings (SSSR count). The highest BCUT2D eigenvalue weighted by Gasteiger charge is 2.34. The van der Waals surface area contributed by atoms with Gasteiger partial charge in [-0.1, -0.05) is 11.8 Å². The zero-order chi connectivity index (χ0) is 14.8. The number of hydrogen-bond acceptors (Lipinski definition) is 4. The Morgan fingerprint density at radius 1 is 1.25 bits per heavy atom. The molecule has 3 nitrogen and oxygen atoms in total. The summed E-state index contributed by atoms with van der Waals surface area (Å²) in [5, 5.41) is 2.84. The van der Waals surface area contributed by atoms with Crippen LogP contribution in [0.5, 0.6) is 0 Å². The zero-order valence-corrected chi connectivity index (χ0v) is 12.7. The summed E-state index contributed by atoms with van der Waals surface area (Å²) in [4.78, 5) is 0.497. The van der Waals surface area contributed by atoms with Gasteiger partial charge in [-0.15, -0.1) is 0 Å². The molecule has 0 aromatic heterocycles. The fourth-order valence-corrected chi connectivity index (χ4v) is 4.44. The van der Waals surface area contributed by atoms with Gasteiger partial charge >= 0.3 is 0 Å². The Labute approximate surface area is 122 Å². The first-order valence-corrected chi connectivity index (χ1v) is 9.20. The Bertz CT molecular complexity index is 546. The van der Waals surface area contributed by atoms with E-state index in [1.54, 1.807) is 24.3 Å². The van der Waals surface area contributed by atoms with Crippen molar-refractivity contribution in [3.63, 3.8) is 0 Å². The van der Waals surface area contributed by atoms with Crippen molar-refractivity contribution in [1.82, 2.24) is 0 Å². The molecule has 7 heteroatoms. The topological polar surface area (TPSA) is 46.2 Å². The third-order valence-electron chi connectivity index (χ3n) is 3.43. The second-order valence-electron chi connectivity index (χ2n) is 4.95. The second-order valence-corrected chi connectivity index (χ2v) is 8.28. The van der Waals surface area contributed by atoms with Crippen LogP contribution < -0.4 is 5.32 Å². The minimum absolute atomic E-state index is 0.0985. The van der Waals surface area contributed by atoms with E-state index in [-0.39, 0.29) is 11.3 Å². The maximum Gasteiger partial charge on any atom is 0.288 e. The van der Waals surface area contributed by atoms with Gasteiger partial charge in [-0.05, 0) is 43.5 Å². The molecule has 0 aliphatic heterocycles. The summed E-state index contributed by atoms with van der Waals surface area (Å²) < 4.78 is 47.8. The quantitative estimate of drug-likeness (QED) is 0.845. The highest BCUT2D eigenvalue weighted by atomic mass is 32.2. The van der Waals surface area contributed by atoms with Gasteiger partial charge in [-0.2, -0.15) is 8.78 Å². The van der Waals surface area contributed by atoms with Gasteiger partial charge in [0, 0.05) is 22.9 Å². The second kappa shape index (κ2) is 6.30. The Balaban J connectivity index is 2.03. The number of rotatable bonds is 5. The largest absolute Gasteiger partial charge is 0.381 e. The van der Waals surface area contributed by atoms with E-state index in [0.29, 0.717) is 23.1 Å². The van der Waals surface area contributed by atoms with Crippen molar-refractivity contribution in [2.24, 2.45) is 0 Å². The molecule has 1 aliphatic rings. The molecule has 1 N–H and O–H groups in total. The van der Waals surface area contributed by atoms with Crippen molar-refractivity contribution >= 4 is 27.3 Å². The first-order valence-electron chi connectivity index (χ1n) is 6.36. The standard InChI is InChI=1S/C13H17F2NO2S2/c1-20(17,18)12-4-2-3-11(12)16-9-5-7-10(8-6-9)19-13(14)15/h5-8,11-13,16H,2-4H2,1H3. The van der Waals surface area contributed by atoms with E-state index in [9.17, 15) is 17.2 Å². The maximum absolute atomic E-state index is 12.2. The number of thioether (sulfide) groups is 1. The molecule has 20 heavy (non-hydrogen) atoms. The molecule has 1 aromatic carbocycles. The van der Waals surface area contributed by atoms with Gasteiger partial charge in [0.05, 0.1) is 5.25 Å². The molecule has 0 radical (unpaired) electrons. The molecule has 0 heterocycles. The lowest BCUT2D eigenvalue weighted by Crippen LogP contribution is -2.34. The minimum Gasteiger partial charge on any atom is -0.381 e. The molecule has 0 bridgehead atoms. The van der Waals surface area contributed by atoms with Crippen molar-refractivity contribution in [3.8, 4) is 0 Å². The number of halogens is 2. The van der Waals surface area contributed by atoms with Gasteiger partial charge in [0.2, 0.25) is 0 Å². The first kappa shape index (κ1) is 15.6. The van der Waals surface area contributed by atoms with Gasteiger partial charge in [0.25, 0.3) is 5.76 Å². The lowest BCUT2D eigenvalue weighted by Gasteiger charge is -2.20. The lowest BCUT2D eigenvalue weighted by molar-refractivity contribution is 0.252. The summed E-state index contributed by atoms with van der Waals surface area (Å²) in [7, 11) is -3.06. The van der Waals surface area contributed by atoms with E-state index in [2.05, 4.69) is 5.32 Å². The predicted molar refractivity (Wildman–Crippen MR) is 78.2 cm³/mol. The fourth-order valence-electron chi connectivity index (χ4n) is 2.55. The van der Waals surface area contributed by atoms with Crippen LogP contribution in [0.25, 0.3) is 0 Å². The number of benzene rings is 1. The summed E-state index contributed by atoms with van der Waals surface area (Å²) in [6, 6.07) is 6.55. The van der Waals surface area contributed by atoms with Crippen LogP contribution in [0.2, 0.25) is 0 Å². The molecule has 2 atom stereocenters. The van der Waals surface area contributed by atoms with E-state index in [1.165, 1.54) is 6.26 Å². The van der Waals surface area contributed by atoms with Gasteiger partial charge in [0.15, 0.2) is 9.84 Å². The average molecular weight is 321 g/mol. The molecule has 0 spiro atoms. The van der Waals surface area contributed by atoms with Crippen LogP contribution in [0.3, 0.4) is 0 Å². The molecule has 1 aliphatic carbocycles. The normalized spacial score (nSPS) is 23.2. The monoisotopic (exact) mass is 321 g/mol. The summed E-state index contributed by atoms with van der Waals surface area (Å²) in [6.07, 6.45) is 3.63. The summed E-state index contributed by atoms with van der Waals surface area (Å²) in [6.45, 7) is 0. The van der Waals surface area contributed by atoms with E-state index < -0.39 is 15.6 Å². The Kier molecular flexibility index (Phi) is 4.90. The molecule has 2 unspecified atom stereocenters. The third kappa shape index (κ3) is 4.09. The Morgan fingerprint density at radius 3 is 2.45 bits per heavy atom. The van der Waals surface area contributed by atoms with Gasteiger partial charge < -0.3 is 5.32 Å². The van der Waals surface area contributed by atoms with Crippen molar-refractivity contribution in [1.29, 1.82) is 0 Å². The zero-order valence-electron chi connectivity index (χ0n) is 11.1. The smallest absolute Gasteiger partial charge is 0.288 e. The van der Waals surface area contributed by atoms with Crippen LogP contribution in [0.15, 0.2) is 29.2 Å². The fraction of sp³-hybridized carbons (Fsp3) is 0.538. The molecular weight excluding hydrogens is 304 g/mol. The van der Waals surface area contributed by atoms with Crippen LogP contribution in [0.4, 0.5) is 14.5 Å². The van der Waals surface area contributed by atoms with Crippen LogP contribution in [-0.2, 0) is 9.84 Å². The average Bonchev–Trinajstić information content (AvgIpc) is 2.79. The van der Waals surface area contributed by atoms with Crippen molar-refractivity contribution in [3.05, 3.63) is 24.3 Å². The van der Waals surface area contributed by atoms with Gasteiger partial charge in [-0.3, -0.25) is 0 Å². The maximum atomic E-state index is 12.2.